The summed E-state index contributed by atoms with van der Waals surface area (Å²) in [7, 11) is 0. The Morgan fingerprint density at radius 3 is 2.74 bits per heavy atom. The SMILES string of the molecule is Cc1cc[nH]c(=O)c1C(=O)NCc1ccccc1F. The first kappa shape index (κ1) is 13.0. The van der Waals surface area contributed by atoms with E-state index in [1.54, 1.807) is 31.2 Å². The molecular weight excluding hydrogens is 247 g/mol. The van der Waals surface area contributed by atoms with Crippen molar-refractivity contribution in [3.63, 3.8) is 0 Å². The van der Waals surface area contributed by atoms with Crippen LogP contribution in [0.5, 0.6) is 0 Å². The zero-order valence-corrected chi connectivity index (χ0v) is 10.4. The Kier molecular flexibility index (Phi) is 3.75. The van der Waals surface area contributed by atoms with Gasteiger partial charge in [0.2, 0.25) is 0 Å². The Morgan fingerprint density at radius 2 is 2.05 bits per heavy atom. The monoisotopic (exact) mass is 260 g/mol. The second-order valence-electron chi connectivity index (χ2n) is 4.14. The topological polar surface area (TPSA) is 62.0 Å². The van der Waals surface area contributed by atoms with Crippen molar-refractivity contribution in [1.29, 1.82) is 0 Å². The van der Waals surface area contributed by atoms with Crippen molar-refractivity contribution in [2.75, 3.05) is 0 Å². The van der Waals surface area contributed by atoms with E-state index >= 15 is 0 Å². The van der Waals surface area contributed by atoms with Gasteiger partial charge in [-0.2, -0.15) is 0 Å². The first-order chi connectivity index (χ1) is 9.09. The molecule has 0 spiro atoms. The summed E-state index contributed by atoms with van der Waals surface area (Å²) < 4.78 is 13.4. The van der Waals surface area contributed by atoms with Gasteiger partial charge in [0, 0.05) is 18.3 Å². The Morgan fingerprint density at radius 1 is 1.32 bits per heavy atom. The van der Waals surface area contributed by atoms with E-state index in [0.717, 1.165) is 0 Å². The highest BCUT2D eigenvalue weighted by Crippen LogP contribution is 2.06. The molecule has 2 N–H and O–H groups in total. The Hall–Kier alpha value is -2.43. The standard InChI is InChI=1S/C14H13FN2O2/c1-9-6-7-16-13(18)12(9)14(19)17-8-10-4-2-3-5-11(10)15/h2-7H,8H2,1H3,(H,16,18)(H,17,19). The van der Waals surface area contributed by atoms with Crippen LogP contribution in [0.2, 0.25) is 0 Å². The molecule has 1 aromatic heterocycles. The largest absolute Gasteiger partial charge is 0.348 e. The molecule has 1 aromatic carbocycles. The van der Waals surface area contributed by atoms with E-state index in [0.29, 0.717) is 11.1 Å². The lowest BCUT2D eigenvalue weighted by molar-refractivity contribution is 0.0948. The number of aromatic nitrogens is 1. The van der Waals surface area contributed by atoms with Crippen LogP contribution in [-0.2, 0) is 6.54 Å². The van der Waals surface area contributed by atoms with Gasteiger partial charge in [-0.15, -0.1) is 0 Å². The summed E-state index contributed by atoms with van der Waals surface area (Å²) in [6, 6.07) is 7.80. The number of carbonyl (C=O) groups excluding carboxylic acids is 1. The highest BCUT2D eigenvalue weighted by Gasteiger charge is 2.13. The number of pyridine rings is 1. The summed E-state index contributed by atoms with van der Waals surface area (Å²) in [6.45, 7) is 1.71. The van der Waals surface area contributed by atoms with Gasteiger partial charge in [0.15, 0.2) is 0 Å². The van der Waals surface area contributed by atoms with Crippen LogP contribution in [0, 0.1) is 12.7 Å². The van der Waals surface area contributed by atoms with Gasteiger partial charge in [0.1, 0.15) is 11.4 Å². The second kappa shape index (κ2) is 5.48. The molecular formula is C14H13FN2O2. The molecule has 0 aliphatic heterocycles. The third-order valence-corrected chi connectivity index (χ3v) is 2.79. The van der Waals surface area contributed by atoms with Gasteiger partial charge in [-0.05, 0) is 24.6 Å². The fourth-order valence-electron chi connectivity index (χ4n) is 1.76. The third kappa shape index (κ3) is 2.88. The molecule has 0 fully saturated rings. The molecule has 4 nitrogen and oxygen atoms in total. The molecule has 2 aromatic rings. The van der Waals surface area contributed by atoms with Gasteiger partial charge in [-0.3, -0.25) is 9.59 Å². The van der Waals surface area contributed by atoms with Crippen LogP contribution in [0.4, 0.5) is 4.39 Å². The van der Waals surface area contributed by atoms with Crippen molar-refractivity contribution < 1.29 is 9.18 Å². The van der Waals surface area contributed by atoms with E-state index in [9.17, 15) is 14.0 Å². The minimum Gasteiger partial charge on any atom is -0.348 e. The fourth-order valence-corrected chi connectivity index (χ4v) is 1.76. The lowest BCUT2D eigenvalue weighted by atomic mass is 10.1. The molecule has 5 heteroatoms. The zero-order chi connectivity index (χ0) is 13.8. The number of carbonyl (C=O) groups is 1. The van der Waals surface area contributed by atoms with Gasteiger partial charge >= 0.3 is 0 Å². The van der Waals surface area contributed by atoms with Gasteiger partial charge < -0.3 is 10.3 Å². The lowest BCUT2D eigenvalue weighted by Gasteiger charge is -2.07. The highest BCUT2D eigenvalue weighted by atomic mass is 19.1. The van der Waals surface area contributed by atoms with Gasteiger partial charge in [-0.1, -0.05) is 18.2 Å². The number of aryl methyl sites for hydroxylation is 1. The predicted octanol–water partition coefficient (Wildman–Crippen LogP) is 1.75. The number of hydrogen-bond acceptors (Lipinski definition) is 2. The van der Waals surface area contributed by atoms with Crippen LogP contribution in [0.1, 0.15) is 21.5 Å². The van der Waals surface area contributed by atoms with Gasteiger partial charge in [0.05, 0.1) is 0 Å². The summed E-state index contributed by atoms with van der Waals surface area (Å²) in [6.07, 6.45) is 1.48. The van der Waals surface area contributed by atoms with Crippen molar-refractivity contribution >= 4 is 5.91 Å². The molecule has 0 aliphatic rings. The summed E-state index contributed by atoms with van der Waals surface area (Å²) in [4.78, 5) is 25.9. The lowest BCUT2D eigenvalue weighted by Crippen LogP contribution is -2.30. The van der Waals surface area contributed by atoms with Crippen molar-refractivity contribution in [1.82, 2.24) is 10.3 Å². The summed E-state index contributed by atoms with van der Waals surface area (Å²) in [5.74, 6) is -0.899. The predicted molar refractivity (Wildman–Crippen MR) is 69.4 cm³/mol. The quantitative estimate of drug-likeness (QED) is 0.883. The van der Waals surface area contributed by atoms with E-state index < -0.39 is 11.5 Å². The molecule has 0 saturated heterocycles. The Balaban J connectivity index is 2.15. The summed E-state index contributed by atoms with van der Waals surface area (Å²) in [5.41, 5.74) is 0.556. The molecule has 0 saturated carbocycles. The molecule has 2 rings (SSSR count). The number of amides is 1. The maximum absolute atomic E-state index is 13.4. The fraction of sp³-hybridized carbons (Fsp3) is 0.143. The maximum atomic E-state index is 13.4. The number of aromatic amines is 1. The number of halogens is 1. The third-order valence-electron chi connectivity index (χ3n) is 2.79. The van der Waals surface area contributed by atoms with E-state index in [4.69, 9.17) is 0 Å². The summed E-state index contributed by atoms with van der Waals surface area (Å²) in [5, 5.41) is 2.54. The van der Waals surface area contributed by atoms with Crippen LogP contribution < -0.4 is 10.9 Å². The maximum Gasteiger partial charge on any atom is 0.261 e. The first-order valence-corrected chi connectivity index (χ1v) is 5.79. The van der Waals surface area contributed by atoms with Crippen LogP contribution >= 0.6 is 0 Å². The van der Waals surface area contributed by atoms with Crippen LogP contribution in [0.25, 0.3) is 0 Å². The molecule has 1 heterocycles. The van der Waals surface area contributed by atoms with Crippen LogP contribution in [0.15, 0.2) is 41.3 Å². The highest BCUT2D eigenvalue weighted by molar-refractivity contribution is 5.95. The van der Waals surface area contributed by atoms with Crippen molar-refractivity contribution in [2.45, 2.75) is 13.5 Å². The Labute approximate surface area is 109 Å². The van der Waals surface area contributed by atoms with Crippen LogP contribution in [0.3, 0.4) is 0 Å². The molecule has 19 heavy (non-hydrogen) atoms. The van der Waals surface area contributed by atoms with Crippen molar-refractivity contribution in [3.05, 3.63) is 69.4 Å². The minimum absolute atomic E-state index is 0.0410. The van der Waals surface area contributed by atoms with E-state index in [2.05, 4.69) is 10.3 Å². The average molecular weight is 260 g/mol. The normalized spacial score (nSPS) is 10.2. The number of rotatable bonds is 3. The molecule has 0 aliphatic carbocycles. The molecule has 0 bridgehead atoms. The van der Waals surface area contributed by atoms with Crippen molar-refractivity contribution in [2.24, 2.45) is 0 Å². The average Bonchev–Trinajstić information content (AvgIpc) is 2.37. The second-order valence-corrected chi connectivity index (χ2v) is 4.14. The number of H-pyrrole nitrogens is 1. The van der Waals surface area contributed by atoms with E-state index in [-0.39, 0.29) is 17.9 Å². The number of nitrogens with one attached hydrogen (secondary N) is 2. The molecule has 0 radical (unpaired) electrons. The first-order valence-electron chi connectivity index (χ1n) is 5.79. The smallest absolute Gasteiger partial charge is 0.261 e. The van der Waals surface area contributed by atoms with E-state index in [1.165, 1.54) is 12.3 Å². The van der Waals surface area contributed by atoms with Crippen LogP contribution in [-0.4, -0.2) is 10.9 Å². The molecule has 0 atom stereocenters. The molecule has 98 valence electrons. The van der Waals surface area contributed by atoms with Gasteiger partial charge in [0.25, 0.3) is 11.5 Å². The zero-order valence-electron chi connectivity index (χ0n) is 10.4. The number of hydrogen-bond donors (Lipinski definition) is 2. The van der Waals surface area contributed by atoms with Gasteiger partial charge in [-0.25, -0.2) is 4.39 Å². The van der Waals surface area contributed by atoms with Crippen molar-refractivity contribution in [3.8, 4) is 0 Å². The Bertz CT molecular complexity index is 664. The molecule has 0 unspecified atom stereocenters. The van der Waals surface area contributed by atoms with E-state index in [1.807, 2.05) is 0 Å². The molecule has 1 amide bonds. The minimum atomic E-state index is -0.511. The number of benzene rings is 1. The summed E-state index contributed by atoms with van der Waals surface area (Å²) >= 11 is 0.